The first-order valence-corrected chi connectivity index (χ1v) is 9.84. The summed E-state index contributed by atoms with van der Waals surface area (Å²) in [6.45, 7) is 2.12. The molecule has 1 atom stereocenters. The molecular formula is C24H22FN5. The van der Waals surface area contributed by atoms with Gasteiger partial charge < -0.3 is 5.32 Å². The van der Waals surface area contributed by atoms with E-state index in [2.05, 4.69) is 27.2 Å². The van der Waals surface area contributed by atoms with Crippen molar-refractivity contribution in [2.24, 2.45) is 0 Å². The van der Waals surface area contributed by atoms with E-state index in [4.69, 9.17) is 4.98 Å². The average Bonchev–Trinajstić information content (AvgIpc) is 2.75. The van der Waals surface area contributed by atoms with Crippen molar-refractivity contribution in [3.8, 4) is 0 Å². The molecule has 0 amide bonds. The molecule has 0 spiro atoms. The highest BCUT2D eigenvalue weighted by molar-refractivity contribution is 5.57. The number of halogens is 1. The Hall–Kier alpha value is -3.67. The molecule has 150 valence electrons. The number of benzene rings is 1. The fourth-order valence-corrected chi connectivity index (χ4v) is 3.33. The van der Waals surface area contributed by atoms with E-state index in [1.54, 1.807) is 24.8 Å². The highest BCUT2D eigenvalue weighted by Crippen LogP contribution is 2.24. The van der Waals surface area contributed by atoms with Crippen LogP contribution in [0.1, 0.15) is 35.5 Å². The summed E-state index contributed by atoms with van der Waals surface area (Å²) in [5.74, 6) is 0.746. The lowest BCUT2D eigenvalue weighted by atomic mass is 9.95. The molecule has 0 unspecified atom stereocenters. The predicted molar refractivity (Wildman–Crippen MR) is 115 cm³/mol. The molecule has 0 bridgehead atoms. The molecule has 0 fully saturated rings. The molecule has 0 radical (unpaired) electrons. The van der Waals surface area contributed by atoms with E-state index in [1.165, 1.54) is 12.1 Å². The number of hydrogen-bond donors (Lipinski definition) is 1. The van der Waals surface area contributed by atoms with E-state index in [9.17, 15) is 4.39 Å². The van der Waals surface area contributed by atoms with Gasteiger partial charge in [-0.3, -0.25) is 15.0 Å². The van der Waals surface area contributed by atoms with Gasteiger partial charge in [-0.05, 0) is 54.3 Å². The van der Waals surface area contributed by atoms with Crippen LogP contribution in [0.5, 0.6) is 0 Å². The summed E-state index contributed by atoms with van der Waals surface area (Å²) in [5, 5.41) is 3.35. The molecule has 4 aromatic rings. The molecule has 6 heteroatoms. The molecule has 0 aliphatic heterocycles. The van der Waals surface area contributed by atoms with Gasteiger partial charge in [-0.15, -0.1) is 0 Å². The van der Waals surface area contributed by atoms with Crippen LogP contribution in [0.15, 0.2) is 79.4 Å². The maximum atomic E-state index is 13.3. The SMILES string of the molecule is C[C@H](Cc1cc(Nc2ccccn2)cc(Cc2cnccn2)n1)c1ccc(F)cc1. The maximum absolute atomic E-state index is 13.3. The minimum atomic E-state index is -0.225. The lowest BCUT2D eigenvalue weighted by molar-refractivity contribution is 0.625. The largest absolute Gasteiger partial charge is 0.340 e. The maximum Gasteiger partial charge on any atom is 0.130 e. The molecule has 0 saturated carbocycles. The Labute approximate surface area is 175 Å². The normalized spacial score (nSPS) is 11.8. The summed E-state index contributed by atoms with van der Waals surface area (Å²) < 4.78 is 13.3. The van der Waals surface area contributed by atoms with Gasteiger partial charge in [0.25, 0.3) is 0 Å². The Balaban J connectivity index is 1.61. The van der Waals surface area contributed by atoms with E-state index < -0.39 is 0 Å². The van der Waals surface area contributed by atoms with Crippen molar-refractivity contribution < 1.29 is 4.39 Å². The Morgan fingerprint density at radius 2 is 1.73 bits per heavy atom. The number of aromatic nitrogens is 4. The fraction of sp³-hybridized carbons (Fsp3) is 0.167. The van der Waals surface area contributed by atoms with Gasteiger partial charge in [-0.25, -0.2) is 9.37 Å². The summed E-state index contributed by atoms with van der Waals surface area (Å²) in [6.07, 6.45) is 8.16. The Kier molecular flexibility index (Phi) is 6.03. The van der Waals surface area contributed by atoms with Crippen molar-refractivity contribution in [1.29, 1.82) is 0 Å². The lowest BCUT2D eigenvalue weighted by Crippen LogP contribution is -2.05. The van der Waals surface area contributed by atoms with E-state index in [0.29, 0.717) is 6.42 Å². The molecule has 3 heterocycles. The van der Waals surface area contributed by atoms with Crippen LogP contribution in [0.25, 0.3) is 0 Å². The third kappa shape index (κ3) is 5.23. The second-order valence-corrected chi connectivity index (χ2v) is 7.21. The van der Waals surface area contributed by atoms with Gasteiger partial charge in [-0.1, -0.05) is 25.1 Å². The standard InChI is InChI=1S/C24H22FN5/c1-17(18-5-7-19(25)8-6-18)12-20-13-22(30-24-4-2-3-9-28-24)14-21(29-20)15-23-16-26-10-11-27-23/h2-11,13-14,16-17H,12,15H2,1H3,(H,28,29,30)/t17-/m1/s1. The minimum Gasteiger partial charge on any atom is -0.340 e. The molecule has 30 heavy (non-hydrogen) atoms. The van der Waals surface area contributed by atoms with Gasteiger partial charge in [0, 0.05) is 48.3 Å². The van der Waals surface area contributed by atoms with Crippen LogP contribution in [-0.2, 0) is 12.8 Å². The Morgan fingerprint density at radius 3 is 2.47 bits per heavy atom. The van der Waals surface area contributed by atoms with Gasteiger partial charge in [0.2, 0.25) is 0 Å². The quantitative estimate of drug-likeness (QED) is 0.469. The second kappa shape index (κ2) is 9.22. The number of hydrogen-bond acceptors (Lipinski definition) is 5. The zero-order valence-corrected chi connectivity index (χ0v) is 16.7. The number of pyridine rings is 2. The first kappa shape index (κ1) is 19.6. The summed E-state index contributed by atoms with van der Waals surface area (Å²) in [7, 11) is 0. The van der Waals surface area contributed by atoms with E-state index in [0.717, 1.165) is 40.6 Å². The van der Waals surface area contributed by atoms with Gasteiger partial charge in [-0.2, -0.15) is 0 Å². The van der Waals surface area contributed by atoms with Gasteiger partial charge in [0.15, 0.2) is 0 Å². The smallest absolute Gasteiger partial charge is 0.130 e. The van der Waals surface area contributed by atoms with Crippen molar-refractivity contribution in [3.63, 3.8) is 0 Å². The summed E-state index contributed by atoms with van der Waals surface area (Å²) in [4.78, 5) is 17.7. The molecule has 3 aromatic heterocycles. The summed E-state index contributed by atoms with van der Waals surface area (Å²) in [6, 6.07) is 16.4. The summed E-state index contributed by atoms with van der Waals surface area (Å²) in [5.41, 5.74) is 4.71. The zero-order valence-electron chi connectivity index (χ0n) is 16.7. The fourth-order valence-electron chi connectivity index (χ4n) is 3.33. The van der Waals surface area contributed by atoms with Gasteiger partial charge >= 0.3 is 0 Å². The van der Waals surface area contributed by atoms with Crippen LogP contribution in [0.4, 0.5) is 15.9 Å². The highest BCUT2D eigenvalue weighted by Gasteiger charge is 2.11. The third-order valence-electron chi connectivity index (χ3n) is 4.80. The van der Waals surface area contributed by atoms with Crippen molar-refractivity contribution in [3.05, 3.63) is 108 Å². The first-order chi connectivity index (χ1) is 14.7. The van der Waals surface area contributed by atoms with Crippen LogP contribution in [0.2, 0.25) is 0 Å². The van der Waals surface area contributed by atoms with Crippen LogP contribution < -0.4 is 5.32 Å². The van der Waals surface area contributed by atoms with Crippen LogP contribution >= 0.6 is 0 Å². The summed E-state index contributed by atoms with van der Waals surface area (Å²) >= 11 is 0. The van der Waals surface area contributed by atoms with Crippen molar-refractivity contribution in [2.75, 3.05) is 5.32 Å². The molecule has 4 rings (SSSR count). The van der Waals surface area contributed by atoms with Gasteiger partial charge in [0.1, 0.15) is 11.6 Å². The molecule has 5 nitrogen and oxygen atoms in total. The molecule has 0 saturated heterocycles. The molecule has 0 aliphatic carbocycles. The van der Waals surface area contributed by atoms with Crippen molar-refractivity contribution >= 4 is 11.5 Å². The van der Waals surface area contributed by atoms with Crippen molar-refractivity contribution in [2.45, 2.75) is 25.7 Å². The molecule has 1 N–H and O–H groups in total. The number of anilines is 2. The Morgan fingerprint density at radius 1 is 0.900 bits per heavy atom. The lowest BCUT2D eigenvalue weighted by Gasteiger charge is -2.15. The molecular weight excluding hydrogens is 377 g/mol. The molecule has 1 aromatic carbocycles. The van der Waals surface area contributed by atoms with E-state index >= 15 is 0 Å². The zero-order chi connectivity index (χ0) is 20.8. The van der Waals surface area contributed by atoms with Crippen LogP contribution in [0.3, 0.4) is 0 Å². The highest BCUT2D eigenvalue weighted by atomic mass is 19.1. The first-order valence-electron chi connectivity index (χ1n) is 9.84. The number of nitrogens with zero attached hydrogens (tertiary/aromatic N) is 4. The number of rotatable bonds is 7. The third-order valence-corrected chi connectivity index (χ3v) is 4.80. The predicted octanol–water partition coefficient (Wildman–Crippen LogP) is 5.09. The average molecular weight is 399 g/mol. The topological polar surface area (TPSA) is 63.6 Å². The molecule has 0 aliphatic rings. The van der Waals surface area contributed by atoms with Crippen LogP contribution in [0, 0.1) is 5.82 Å². The van der Waals surface area contributed by atoms with Gasteiger partial charge in [0.05, 0.1) is 5.69 Å². The minimum absolute atomic E-state index is 0.201. The number of nitrogens with one attached hydrogen (secondary N) is 1. The van der Waals surface area contributed by atoms with E-state index in [1.807, 2.05) is 42.5 Å². The van der Waals surface area contributed by atoms with Crippen LogP contribution in [-0.4, -0.2) is 19.9 Å². The monoisotopic (exact) mass is 399 g/mol. The second-order valence-electron chi connectivity index (χ2n) is 7.21. The Bertz CT molecular complexity index is 1030. The van der Waals surface area contributed by atoms with E-state index in [-0.39, 0.29) is 11.7 Å². The van der Waals surface area contributed by atoms with Crippen molar-refractivity contribution in [1.82, 2.24) is 19.9 Å².